The van der Waals surface area contributed by atoms with Gasteiger partial charge in [-0.15, -0.1) is 0 Å². The van der Waals surface area contributed by atoms with Crippen molar-refractivity contribution in [3.63, 3.8) is 0 Å². The average Bonchev–Trinajstić information content (AvgIpc) is 2.86. The summed E-state index contributed by atoms with van der Waals surface area (Å²) in [4.78, 5) is 0. The van der Waals surface area contributed by atoms with Crippen LogP contribution < -0.4 is 4.74 Å². The van der Waals surface area contributed by atoms with E-state index in [2.05, 4.69) is 11.3 Å². The minimum atomic E-state index is -5.02. The Balaban J connectivity index is 1.58. The standard InChI is InChI=1S/C30H16F10O/c1-2-16-3-5-18(23(31)11-16)6-4-17-12-25(33)27(26(34)13-17)30(39,40)41-20-7-8-21-19(14-20)15-24(32)22(28(21)35)9-10-29(36,37)38/h2-3,5,7-8,11-15H,1,4,6H2. The summed E-state index contributed by atoms with van der Waals surface area (Å²) >= 11 is 0. The zero-order valence-electron chi connectivity index (χ0n) is 20.6. The van der Waals surface area contributed by atoms with Crippen LogP contribution in [0.25, 0.3) is 16.8 Å². The molecule has 4 rings (SSSR count). The van der Waals surface area contributed by atoms with E-state index >= 15 is 0 Å². The summed E-state index contributed by atoms with van der Waals surface area (Å²) in [6.45, 7) is 3.52. The summed E-state index contributed by atoms with van der Waals surface area (Å²) in [5.41, 5.74) is -2.20. The molecule has 0 N–H and O–H groups in total. The van der Waals surface area contributed by atoms with Crippen molar-refractivity contribution < 1.29 is 48.6 Å². The first kappa shape index (κ1) is 29.5. The number of benzene rings is 4. The highest BCUT2D eigenvalue weighted by Gasteiger charge is 2.41. The molecule has 0 aliphatic heterocycles. The normalized spacial score (nSPS) is 11.8. The van der Waals surface area contributed by atoms with Crippen molar-refractivity contribution >= 4 is 16.8 Å². The third-order valence-electron chi connectivity index (χ3n) is 5.96. The second-order valence-electron chi connectivity index (χ2n) is 8.79. The Hall–Kier alpha value is -4.46. The molecular formula is C30H16F10O. The molecule has 0 bridgehead atoms. The Morgan fingerprint density at radius 3 is 2.05 bits per heavy atom. The first-order valence-corrected chi connectivity index (χ1v) is 11.7. The summed E-state index contributed by atoms with van der Waals surface area (Å²) in [7, 11) is 0. The Bertz CT molecular complexity index is 1690. The van der Waals surface area contributed by atoms with Crippen molar-refractivity contribution in [1.82, 2.24) is 0 Å². The highest BCUT2D eigenvalue weighted by Crippen LogP contribution is 2.37. The molecule has 4 aromatic carbocycles. The molecule has 0 atom stereocenters. The zero-order valence-corrected chi connectivity index (χ0v) is 20.6. The smallest absolute Gasteiger partial charge is 0.429 e. The predicted octanol–water partition coefficient (Wildman–Crippen LogP) is 9.01. The van der Waals surface area contributed by atoms with Crippen LogP contribution in [-0.2, 0) is 19.0 Å². The topological polar surface area (TPSA) is 9.23 Å². The van der Waals surface area contributed by atoms with Gasteiger partial charge in [-0.2, -0.15) is 22.0 Å². The number of hydrogen-bond acceptors (Lipinski definition) is 1. The lowest BCUT2D eigenvalue weighted by Gasteiger charge is -2.20. The van der Waals surface area contributed by atoms with E-state index in [0.29, 0.717) is 29.8 Å². The lowest BCUT2D eigenvalue weighted by atomic mass is 10.0. The summed E-state index contributed by atoms with van der Waals surface area (Å²) < 4.78 is 144. The molecule has 1 nitrogen and oxygen atoms in total. The van der Waals surface area contributed by atoms with Crippen LogP contribution in [0.5, 0.6) is 5.75 Å². The summed E-state index contributed by atoms with van der Waals surface area (Å²) in [6, 6.07) is 8.42. The van der Waals surface area contributed by atoms with Gasteiger partial charge in [-0.05, 0) is 77.4 Å². The van der Waals surface area contributed by atoms with Crippen LogP contribution in [-0.4, -0.2) is 6.18 Å². The molecule has 0 heterocycles. The van der Waals surface area contributed by atoms with Crippen LogP contribution in [0, 0.1) is 40.9 Å². The number of halogens is 10. The van der Waals surface area contributed by atoms with Crippen LogP contribution >= 0.6 is 0 Å². The number of hydrogen-bond donors (Lipinski definition) is 0. The van der Waals surface area contributed by atoms with Crippen molar-refractivity contribution in [2.24, 2.45) is 0 Å². The van der Waals surface area contributed by atoms with Gasteiger partial charge >= 0.3 is 12.3 Å². The predicted molar refractivity (Wildman–Crippen MR) is 132 cm³/mol. The number of ether oxygens (including phenoxy) is 1. The molecule has 0 amide bonds. The maximum Gasteiger partial charge on any atom is 0.458 e. The highest BCUT2D eigenvalue weighted by atomic mass is 19.4. The Labute approximate surface area is 226 Å². The molecular weight excluding hydrogens is 566 g/mol. The molecule has 0 aromatic heterocycles. The van der Waals surface area contributed by atoms with Gasteiger partial charge in [0.05, 0.1) is 5.56 Å². The van der Waals surface area contributed by atoms with Crippen LogP contribution in [0.1, 0.15) is 27.8 Å². The molecule has 0 aliphatic rings. The van der Waals surface area contributed by atoms with Crippen molar-refractivity contribution in [3.8, 4) is 17.6 Å². The number of alkyl halides is 5. The average molecular weight is 582 g/mol. The minimum Gasteiger partial charge on any atom is -0.429 e. The van der Waals surface area contributed by atoms with Gasteiger partial charge < -0.3 is 4.74 Å². The van der Waals surface area contributed by atoms with E-state index in [1.165, 1.54) is 24.1 Å². The molecule has 41 heavy (non-hydrogen) atoms. The van der Waals surface area contributed by atoms with Crippen molar-refractivity contribution in [2.45, 2.75) is 25.1 Å². The van der Waals surface area contributed by atoms with Gasteiger partial charge in [0.2, 0.25) is 0 Å². The van der Waals surface area contributed by atoms with E-state index in [1.54, 1.807) is 6.07 Å². The molecule has 0 radical (unpaired) electrons. The molecule has 0 aliphatic carbocycles. The van der Waals surface area contributed by atoms with Crippen molar-refractivity contribution in [2.75, 3.05) is 0 Å². The largest absolute Gasteiger partial charge is 0.458 e. The maximum absolute atomic E-state index is 14.9. The first-order valence-electron chi connectivity index (χ1n) is 11.7. The zero-order chi connectivity index (χ0) is 30.1. The van der Waals surface area contributed by atoms with Gasteiger partial charge in [-0.3, -0.25) is 0 Å². The maximum atomic E-state index is 14.9. The van der Waals surface area contributed by atoms with Crippen LogP contribution in [0.3, 0.4) is 0 Å². The third-order valence-corrected chi connectivity index (χ3v) is 5.96. The third kappa shape index (κ3) is 6.65. The Morgan fingerprint density at radius 2 is 1.44 bits per heavy atom. The Morgan fingerprint density at radius 1 is 0.756 bits per heavy atom. The SMILES string of the molecule is C=Cc1ccc(CCc2cc(F)c(C(F)(F)Oc3ccc4c(F)c(C#CC(F)(F)F)c(F)cc4c3)c(F)c2)c(F)c1. The molecule has 0 saturated heterocycles. The van der Waals surface area contributed by atoms with E-state index in [1.807, 2.05) is 0 Å². The van der Waals surface area contributed by atoms with Gasteiger partial charge in [0, 0.05) is 11.3 Å². The van der Waals surface area contributed by atoms with Gasteiger partial charge in [0.1, 0.15) is 40.4 Å². The molecule has 11 heteroatoms. The monoisotopic (exact) mass is 582 g/mol. The molecule has 4 aromatic rings. The van der Waals surface area contributed by atoms with Crippen molar-refractivity contribution in [3.05, 3.63) is 118 Å². The van der Waals surface area contributed by atoms with E-state index in [4.69, 9.17) is 0 Å². The van der Waals surface area contributed by atoms with Crippen LogP contribution in [0.2, 0.25) is 0 Å². The fraction of sp³-hybridized carbons (Fsp3) is 0.133. The van der Waals surface area contributed by atoms with Gasteiger partial charge in [-0.25, -0.2) is 22.0 Å². The summed E-state index contributed by atoms with van der Waals surface area (Å²) in [5.74, 6) is -5.52. The van der Waals surface area contributed by atoms with Crippen molar-refractivity contribution in [1.29, 1.82) is 0 Å². The lowest BCUT2D eigenvalue weighted by molar-refractivity contribution is -0.189. The first-order chi connectivity index (χ1) is 19.2. The Kier molecular flexibility index (Phi) is 8.06. The van der Waals surface area contributed by atoms with E-state index < -0.39 is 69.0 Å². The fourth-order valence-corrected chi connectivity index (χ4v) is 4.04. The molecule has 0 unspecified atom stereocenters. The van der Waals surface area contributed by atoms with E-state index in [9.17, 15) is 43.9 Å². The molecule has 0 saturated carbocycles. The fourth-order valence-electron chi connectivity index (χ4n) is 4.04. The van der Waals surface area contributed by atoms with Crippen LogP contribution in [0.4, 0.5) is 43.9 Å². The molecule has 0 spiro atoms. The molecule has 0 fully saturated rings. The quantitative estimate of drug-likeness (QED) is 0.156. The second-order valence-corrected chi connectivity index (χ2v) is 8.79. The van der Waals surface area contributed by atoms with E-state index in [-0.39, 0.29) is 24.0 Å². The second kappa shape index (κ2) is 11.2. The number of aryl methyl sites for hydroxylation is 2. The van der Waals surface area contributed by atoms with Gasteiger partial charge in [0.25, 0.3) is 0 Å². The minimum absolute atomic E-state index is 0.0160. The molecule has 212 valence electrons. The number of rotatable bonds is 7. The van der Waals surface area contributed by atoms with Gasteiger partial charge in [0.15, 0.2) is 0 Å². The lowest BCUT2D eigenvalue weighted by Crippen LogP contribution is -2.25. The summed E-state index contributed by atoms with van der Waals surface area (Å²) in [6.07, 6.45) is -8.25. The summed E-state index contributed by atoms with van der Waals surface area (Å²) in [5, 5.41) is -0.860. The number of fused-ring (bicyclic) bond motifs is 1. The van der Waals surface area contributed by atoms with Gasteiger partial charge in [-0.1, -0.05) is 30.7 Å². The van der Waals surface area contributed by atoms with Crippen LogP contribution in [0.15, 0.2) is 61.2 Å². The van der Waals surface area contributed by atoms with E-state index in [0.717, 1.165) is 18.1 Å². The highest BCUT2D eigenvalue weighted by molar-refractivity contribution is 5.86.